The van der Waals surface area contributed by atoms with E-state index in [4.69, 9.17) is 0 Å². The predicted octanol–water partition coefficient (Wildman–Crippen LogP) is 1.64. The summed E-state index contributed by atoms with van der Waals surface area (Å²) in [6, 6.07) is 0.491. The van der Waals surface area contributed by atoms with E-state index in [2.05, 4.69) is 42.8 Å². The number of carboxylic acids is 1. The van der Waals surface area contributed by atoms with Gasteiger partial charge in [-0.05, 0) is 52.7 Å². The number of nitrogens with zero attached hydrogens (tertiary/aromatic N) is 2. The van der Waals surface area contributed by atoms with Gasteiger partial charge >= 0.3 is 5.97 Å². The highest BCUT2D eigenvalue weighted by atomic mass is 16.4. The van der Waals surface area contributed by atoms with E-state index in [1.54, 1.807) is 0 Å². The number of rotatable bonds is 8. The van der Waals surface area contributed by atoms with E-state index in [9.17, 15) is 9.90 Å². The van der Waals surface area contributed by atoms with Crippen LogP contribution in [0.2, 0.25) is 0 Å². The van der Waals surface area contributed by atoms with Gasteiger partial charge in [-0.25, -0.2) is 0 Å². The van der Waals surface area contributed by atoms with Gasteiger partial charge in [-0.15, -0.1) is 0 Å². The van der Waals surface area contributed by atoms with Crippen molar-refractivity contribution in [2.75, 3.05) is 39.3 Å². The van der Waals surface area contributed by atoms with Crippen LogP contribution in [0.25, 0.3) is 0 Å². The van der Waals surface area contributed by atoms with Gasteiger partial charge in [0.05, 0.1) is 0 Å². The Bertz CT molecular complexity index is 319. The lowest BCUT2D eigenvalue weighted by atomic mass is 9.90. The SMILES string of the molecule is CCN(CC)CCNC1(C(=O)O)CCCN(C(C)C)CC1. The Kier molecular flexibility index (Phi) is 7.63. The maximum atomic E-state index is 11.8. The number of likely N-dealkylation sites (tertiary alicyclic amines) is 1. The lowest BCUT2D eigenvalue weighted by Gasteiger charge is -2.31. The normalized spacial score (nSPS) is 24.5. The molecule has 0 bridgehead atoms. The smallest absolute Gasteiger partial charge is 0.323 e. The van der Waals surface area contributed by atoms with E-state index >= 15 is 0 Å². The first kappa shape index (κ1) is 18.4. The first-order valence-corrected chi connectivity index (χ1v) is 8.40. The van der Waals surface area contributed by atoms with E-state index in [0.29, 0.717) is 12.5 Å². The highest BCUT2D eigenvalue weighted by molar-refractivity contribution is 5.78. The monoisotopic (exact) mass is 299 g/mol. The van der Waals surface area contributed by atoms with E-state index in [1.807, 2.05) is 0 Å². The molecule has 0 aromatic carbocycles. The van der Waals surface area contributed by atoms with Crippen molar-refractivity contribution in [1.29, 1.82) is 0 Å². The van der Waals surface area contributed by atoms with Crippen molar-refractivity contribution in [2.24, 2.45) is 0 Å². The van der Waals surface area contributed by atoms with Crippen LogP contribution in [-0.4, -0.2) is 71.7 Å². The second-order valence-corrected chi connectivity index (χ2v) is 6.32. The Balaban J connectivity index is 2.60. The van der Waals surface area contributed by atoms with Crippen LogP contribution >= 0.6 is 0 Å². The highest BCUT2D eigenvalue weighted by Gasteiger charge is 2.39. The summed E-state index contributed by atoms with van der Waals surface area (Å²) in [6.45, 7) is 14.2. The molecule has 1 saturated heterocycles. The van der Waals surface area contributed by atoms with Gasteiger partial charge in [0, 0.05) is 25.7 Å². The number of nitrogens with one attached hydrogen (secondary N) is 1. The molecule has 5 heteroatoms. The third kappa shape index (κ3) is 5.24. The Labute approximate surface area is 129 Å². The van der Waals surface area contributed by atoms with Crippen molar-refractivity contribution < 1.29 is 9.90 Å². The molecule has 0 aromatic rings. The molecular weight excluding hydrogens is 266 g/mol. The molecule has 1 heterocycles. The van der Waals surface area contributed by atoms with Crippen molar-refractivity contribution in [3.8, 4) is 0 Å². The molecule has 1 rings (SSSR count). The fourth-order valence-corrected chi connectivity index (χ4v) is 3.13. The molecule has 2 N–H and O–H groups in total. The number of carboxylic acid groups (broad SMARTS) is 1. The summed E-state index contributed by atoms with van der Waals surface area (Å²) in [7, 11) is 0. The molecule has 124 valence electrons. The summed E-state index contributed by atoms with van der Waals surface area (Å²) in [5.74, 6) is -0.687. The molecule has 0 spiro atoms. The fraction of sp³-hybridized carbons (Fsp3) is 0.938. The topological polar surface area (TPSA) is 55.8 Å². The van der Waals surface area contributed by atoms with Crippen LogP contribution in [0.1, 0.15) is 47.0 Å². The maximum Gasteiger partial charge on any atom is 0.323 e. The van der Waals surface area contributed by atoms with E-state index in [1.165, 1.54) is 0 Å². The van der Waals surface area contributed by atoms with E-state index in [-0.39, 0.29) is 0 Å². The van der Waals surface area contributed by atoms with Gasteiger partial charge in [-0.1, -0.05) is 13.8 Å². The average Bonchev–Trinajstić information content (AvgIpc) is 2.67. The van der Waals surface area contributed by atoms with Crippen molar-refractivity contribution in [1.82, 2.24) is 15.1 Å². The molecule has 0 aliphatic carbocycles. The first-order valence-electron chi connectivity index (χ1n) is 8.40. The summed E-state index contributed by atoms with van der Waals surface area (Å²) < 4.78 is 0. The molecule has 0 radical (unpaired) electrons. The predicted molar refractivity (Wildman–Crippen MR) is 86.7 cm³/mol. The number of likely N-dealkylation sites (N-methyl/N-ethyl adjacent to an activating group) is 1. The van der Waals surface area contributed by atoms with E-state index in [0.717, 1.165) is 52.1 Å². The van der Waals surface area contributed by atoms with Crippen LogP contribution in [-0.2, 0) is 4.79 Å². The average molecular weight is 299 g/mol. The Morgan fingerprint density at radius 2 is 1.95 bits per heavy atom. The zero-order chi connectivity index (χ0) is 15.9. The van der Waals surface area contributed by atoms with Crippen molar-refractivity contribution in [2.45, 2.75) is 58.5 Å². The quantitative estimate of drug-likeness (QED) is 0.713. The fourth-order valence-electron chi connectivity index (χ4n) is 3.13. The second-order valence-electron chi connectivity index (χ2n) is 6.32. The molecule has 0 aromatic heterocycles. The lowest BCUT2D eigenvalue weighted by molar-refractivity contribution is -0.145. The van der Waals surface area contributed by atoms with Crippen molar-refractivity contribution in [3.05, 3.63) is 0 Å². The van der Waals surface area contributed by atoms with Gasteiger partial charge in [0.1, 0.15) is 5.54 Å². The van der Waals surface area contributed by atoms with Crippen LogP contribution in [0.15, 0.2) is 0 Å². The number of carbonyl (C=O) groups is 1. The lowest BCUT2D eigenvalue weighted by Crippen LogP contribution is -2.54. The second kappa shape index (κ2) is 8.71. The van der Waals surface area contributed by atoms with Crippen LogP contribution in [0.5, 0.6) is 0 Å². The van der Waals surface area contributed by atoms with Crippen LogP contribution in [0.3, 0.4) is 0 Å². The van der Waals surface area contributed by atoms with Crippen molar-refractivity contribution in [3.63, 3.8) is 0 Å². The molecule has 21 heavy (non-hydrogen) atoms. The van der Waals surface area contributed by atoms with Crippen LogP contribution < -0.4 is 5.32 Å². The van der Waals surface area contributed by atoms with Gasteiger partial charge in [-0.2, -0.15) is 0 Å². The molecular formula is C16H33N3O2. The summed E-state index contributed by atoms with van der Waals surface area (Å²) in [5.41, 5.74) is -0.739. The molecule has 1 aliphatic heterocycles. The molecule has 0 saturated carbocycles. The summed E-state index contributed by atoms with van der Waals surface area (Å²) in [4.78, 5) is 16.5. The van der Waals surface area contributed by atoms with Crippen LogP contribution in [0, 0.1) is 0 Å². The van der Waals surface area contributed by atoms with Gasteiger partial charge < -0.3 is 20.2 Å². The molecule has 1 atom stereocenters. The Morgan fingerprint density at radius 3 is 2.48 bits per heavy atom. The molecule has 1 aliphatic rings. The van der Waals surface area contributed by atoms with Gasteiger partial charge in [0.15, 0.2) is 0 Å². The molecule has 0 amide bonds. The van der Waals surface area contributed by atoms with Gasteiger partial charge in [-0.3, -0.25) is 4.79 Å². The molecule has 1 unspecified atom stereocenters. The number of aliphatic carboxylic acids is 1. The van der Waals surface area contributed by atoms with Gasteiger partial charge in [0.2, 0.25) is 0 Å². The van der Waals surface area contributed by atoms with Gasteiger partial charge in [0.25, 0.3) is 0 Å². The maximum absolute atomic E-state index is 11.8. The zero-order valence-corrected chi connectivity index (χ0v) is 14.2. The molecule has 1 fully saturated rings. The minimum atomic E-state index is -0.739. The summed E-state index contributed by atoms with van der Waals surface area (Å²) >= 11 is 0. The minimum Gasteiger partial charge on any atom is -0.480 e. The zero-order valence-electron chi connectivity index (χ0n) is 14.2. The molecule has 5 nitrogen and oxygen atoms in total. The number of hydrogen-bond acceptors (Lipinski definition) is 4. The summed E-state index contributed by atoms with van der Waals surface area (Å²) in [5, 5.41) is 13.1. The Hall–Kier alpha value is -0.650. The first-order chi connectivity index (χ1) is 9.95. The highest BCUT2D eigenvalue weighted by Crippen LogP contribution is 2.24. The van der Waals surface area contributed by atoms with Crippen molar-refractivity contribution >= 4 is 5.97 Å². The largest absolute Gasteiger partial charge is 0.480 e. The third-order valence-corrected chi connectivity index (χ3v) is 4.80. The van der Waals surface area contributed by atoms with Crippen LogP contribution in [0.4, 0.5) is 0 Å². The Morgan fingerprint density at radius 1 is 1.29 bits per heavy atom. The summed E-state index contributed by atoms with van der Waals surface area (Å²) in [6.07, 6.45) is 2.37. The third-order valence-electron chi connectivity index (χ3n) is 4.80. The van der Waals surface area contributed by atoms with E-state index < -0.39 is 11.5 Å². The number of hydrogen-bond donors (Lipinski definition) is 2. The minimum absolute atomic E-state index is 0.491. The standard InChI is InChI=1S/C16H33N3O2/c1-5-18(6-2)13-10-17-16(15(20)21)8-7-11-19(12-9-16)14(3)4/h14,17H,5-13H2,1-4H3,(H,20,21).